The van der Waals surface area contributed by atoms with Crippen molar-refractivity contribution < 1.29 is 4.79 Å². The van der Waals surface area contributed by atoms with E-state index in [1.807, 2.05) is 17.7 Å². The number of imidazole rings is 1. The quantitative estimate of drug-likeness (QED) is 0.893. The highest BCUT2D eigenvalue weighted by Gasteiger charge is 2.05. The molecule has 0 aliphatic rings. The Kier molecular flexibility index (Phi) is 3.94. The second kappa shape index (κ2) is 5.83. The third-order valence-corrected chi connectivity index (χ3v) is 2.86. The van der Waals surface area contributed by atoms with Gasteiger partial charge in [-0.25, -0.2) is 4.98 Å². The highest BCUT2D eigenvalue weighted by molar-refractivity contribution is 5.94. The van der Waals surface area contributed by atoms with Gasteiger partial charge in [0.1, 0.15) is 0 Å². The maximum absolute atomic E-state index is 11.8. The summed E-state index contributed by atoms with van der Waals surface area (Å²) in [6, 6.07) is 8.59. The zero-order valence-electron chi connectivity index (χ0n) is 10.6. The third-order valence-electron chi connectivity index (χ3n) is 2.86. The molecule has 96 valence electrons. The van der Waals surface area contributed by atoms with E-state index in [9.17, 15) is 4.79 Å². The first-order chi connectivity index (χ1) is 9.20. The highest BCUT2D eigenvalue weighted by Crippen LogP contribution is 2.03. The molecule has 1 aromatic carbocycles. The zero-order chi connectivity index (χ0) is 13.7. The van der Waals surface area contributed by atoms with Crippen molar-refractivity contribution in [1.29, 1.82) is 5.26 Å². The van der Waals surface area contributed by atoms with Gasteiger partial charge in [-0.1, -0.05) is 0 Å². The molecule has 0 aliphatic heterocycles. The number of hydrogen-bond donors (Lipinski definition) is 1. The van der Waals surface area contributed by atoms with E-state index in [0.717, 1.165) is 12.1 Å². The minimum Gasteiger partial charge on any atom is -0.352 e. The van der Waals surface area contributed by atoms with Crippen LogP contribution in [0.2, 0.25) is 0 Å². The van der Waals surface area contributed by atoms with Crippen molar-refractivity contribution in [3.63, 3.8) is 0 Å². The molecule has 0 radical (unpaired) electrons. The zero-order valence-corrected chi connectivity index (χ0v) is 10.6. The summed E-state index contributed by atoms with van der Waals surface area (Å²) in [5.74, 6) is -0.133. The van der Waals surface area contributed by atoms with Gasteiger partial charge >= 0.3 is 0 Å². The molecule has 1 N–H and O–H groups in total. The molecule has 0 saturated carbocycles. The normalized spacial score (nSPS) is 9.89. The summed E-state index contributed by atoms with van der Waals surface area (Å²) in [5, 5.41) is 11.5. The SMILES string of the molecule is Cn1cncc1CCNC(=O)c1ccc(C#N)cc1. The molecule has 1 heterocycles. The maximum Gasteiger partial charge on any atom is 0.251 e. The van der Waals surface area contributed by atoms with E-state index in [0.29, 0.717) is 17.7 Å². The number of rotatable bonds is 4. The van der Waals surface area contributed by atoms with E-state index < -0.39 is 0 Å². The van der Waals surface area contributed by atoms with Crippen LogP contribution in [-0.4, -0.2) is 22.0 Å². The van der Waals surface area contributed by atoms with Gasteiger partial charge in [0, 0.05) is 37.5 Å². The standard InChI is InChI=1S/C14H14N4O/c1-18-10-16-9-13(18)6-7-17-14(19)12-4-2-11(8-15)3-5-12/h2-5,9-10H,6-7H2,1H3,(H,17,19). The lowest BCUT2D eigenvalue weighted by Crippen LogP contribution is -2.26. The highest BCUT2D eigenvalue weighted by atomic mass is 16.1. The average Bonchev–Trinajstić information content (AvgIpc) is 2.84. The number of nitriles is 1. The number of carbonyl (C=O) groups is 1. The fraction of sp³-hybridized carbons (Fsp3) is 0.214. The molecule has 5 heteroatoms. The number of nitrogens with zero attached hydrogens (tertiary/aromatic N) is 3. The first-order valence-electron chi connectivity index (χ1n) is 5.94. The average molecular weight is 254 g/mol. The summed E-state index contributed by atoms with van der Waals surface area (Å²) in [6.45, 7) is 0.554. The largest absolute Gasteiger partial charge is 0.352 e. The van der Waals surface area contributed by atoms with Gasteiger partial charge in [-0.3, -0.25) is 4.79 Å². The lowest BCUT2D eigenvalue weighted by atomic mass is 10.1. The van der Waals surface area contributed by atoms with Crippen LogP contribution in [0.25, 0.3) is 0 Å². The Hall–Kier alpha value is -2.61. The van der Waals surface area contributed by atoms with Crippen molar-refractivity contribution in [2.45, 2.75) is 6.42 Å². The van der Waals surface area contributed by atoms with Crippen molar-refractivity contribution in [1.82, 2.24) is 14.9 Å². The number of benzene rings is 1. The van der Waals surface area contributed by atoms with Gasteiger partial charge in [0.25, 0.3) is 5.91 Å². The summed E-state index contributed by atoms with van der Waals surface area (Å²) in [6.07, 6.45) is 4.25. The van der Waals surface area contributed by atoms with Gasteiger partial charge in [-0.05, 0) is 24.3 Å². The number of aryl methyl sites for hydroxylation is 1. The first kappa shape index (κ1) is 12.8. The number of amides is 1. The van der Waals surface area contributed by atoms with Gasteiger partial charge in [0.2, 0.25) is 0 Å². The molecule has 0 unspecified atom stereocenters. The van der Waals surface area contributed by atoms with Gasteiger partial charge in [0.05, 0.1) is 18.0 Å². The molecule has 0 saturated heterocycles. The van der Waals surface area contributed by atoms with Crippen LogP contribution in [0.1, 0.15) is 21.6 Å². The Labute approximate surface area is 111 Å². The van der Waals surface area contributed by atoms with Crippen LogP contribution >= 0.6 is 0 Å². The Morgan fingerprint density at radius 1 is 1.42 bits per heavy atom. The van der Waals surface area contributed by atoms with Crippen LogP contribution in [0.3, 0.4) is 0 Å². The van der Waals surface area contributed by atoms with Crippen LogP contribution in [-0.2, 0) is 13.5 Å². The number of carbonyl (C=O) groups excluding carboxylic acids is 1. The van der Waals surface area contributed by atoms with E-state index in [2.05, 4.69) is 10.3 Å². The van der Waals surface area contributed by atoms with Crippen molar-refractivity contribution >= 4 is 5.91 Å². The Morgan fingerprint density at radius 3 is 2.74 bits per heavy atom. The van der Waals surface area contributed by atoms with Crippen molar-refractivity contribution in [2.75, 3.05) is 6.54 Å². The summed E-state index contributed by atoms with van der Waals surface area (Å²) in [7, 11) is 1.92. The predicted molar refractivity (Wildman–Crippen MR) is 70.4 cm³/mol. The van der Waals surface area contributed by atoms with Gasteiger partial charge in [-0.15, -0.1) is 0 Å². The molecule has 0 fully saturated rings. The minimum atomic E-state index is -0.133. The Balaban J connectivity index is 1.87. The minimum absolute atomic E-state index is 0.133. The Bertz CT molecular complexity index is 607. The molecule has 0 atom stereocenters. The fourth-order valence-corrected chi connectivity index (χ4v) is 1.73. The number of hydrogen-bond acceptors (Lipinski definition) is 3. The number of aromatic nitrogens is 2. The summed E-state index contributed by atoms with van der Waals surface area (Å²) >= 11 is 0. The molecule has 1 aromatic heterocycles. The molecule has 1 amide bonds. The topological polar surface area (TPSA) is 70.7 Å². The van der Waals surface area contributed by atoms with Crippen molar-refractivity contribution in [3.8, 4) is 6.07 Å². The molecular formula is C14H14N4O. The molecule has 2 aromatic rings. The van der Waals surface area contributed by atoms with E-state index >= 15 is 0 Å². The first-order valence-corrected chi connectivity index (χ1v) is 5.94. The third kappa shape index (κ3) is 3.19. The van der Waals surface area contributed by atoms with E-state index in [1.54, 1.807) is 36.8 Å². The van der Waals surface area contributed by atoms with Crippen LogP contribution in [0.4, 0.5) is 0 Å². The molecule has 5 nitrogen and oxygen atoms in total. The van der Waals surface area contributed by atoms with Gasteiger partial charge in [0.15, 0.2) is 0 Å². The maximum atomic E-state index is 11.8. The van der Waals surface area contributed by atoms with Gasteiger partial charge < -0.3 is 9.88 Å². The van der Waals surface area contributed by atoms with Crippen LogP contribution in [0, 0.1) is 11.3 Å². The van der Waals surface area contributed by atoms with Crippen LogP contribution in [0.15, 0.2) is 36.8 Å². The summed E-state index contributed by atoms with van der Waals surface area (Å²) in [5.41, 5.74) is 2.18. The van der Waals surface area contributed by atoms with Crippen molar-refractivity contribution in [2.24, 2.45) is 7.05 Å². The second-order valence-corrected chi connectivity index (χ2v) is 4.19. The lowest BCUT2D eigenvalue weighted by Gasteiger charge is -2.05. The van der Waals surface area contributed by atoms with E-state index in [4.69, 9.17) is 5.26 Å². The summed E-state index contributed by atoms with van der Waals surface area (Å²) < 4.78 is 1.92. The van der Waals surface area contributed by atoms with E-state index in [1.165, 1.54) is 0 Å². The molecule has 0 spiro atoms. The van der Waals surface area contributed by atoms with E-state index in [-0.39, 0.29) is 5.91 Å². The smallest absolute Gasteiger partial charge is 0.251 e. The number of nitrogens with one attached hydrogen (secondary N) is 1. The predicted octanol–water partition coefficient (Wildman–Crippen LogP) is 1.26. The monoisotopic (exact) mass is 254 g/mol. The molecule has 2 rings (SSSR count). The van der Waals surface area contributed by atoms with Crippen LogP contribution < -0.4 is 5.32 Å². The fourth-order valence-electron chi connectivity index (χ4n) is 1.73. The van der Waals surface area contributed by atoms with Crippen molar-refractivity contribution in [3.05, 3.63) is 53.6 Å². The van der Waals surface area contributed by atoms with Gasteiger partial charge in [-0.2, -0.15) is 5.26 Å². The molecule has 0 aliphatic carbocycles. The lowest BCUT2D eigenvalue weighted by molar-refractivity contribution is 0.0954. The van der Waals surface area contributed by atoms with Crippen LogP contribution in [0.5, 0.6) is 0 Å². The molecule has 19 heavy (non-hydrogen) atoms. The molecular weight excluding hydrogens is 240 g/mol. The molecule has 0 bridgehead atoms. The Morgan fingerprint density at radius 2 is 2.16 bits per heavy atom. The summed E-state index contributed by atoms with van der Waals surface area (Å²) in [4.78, 5) is 15.9. The second-order valence-electron chi connectivity index (χ2n) is 4.19.